The Labute approximate surface area is 73.3 Å². The van der Waals surface area contributed by atoms with Crippen molar-refractivity contribution >= 4 is 5.97 Å². The first-order chi connectivity index (χ1) is 5.71. The molecular formula is C10H16O2. The third kappa shape index (κ3) is 0.838. The number of carbonyl (C=O) groups excluding carboxylic acids is 1. The molecule has 2 aliphatic carbocycles. The zero-order chi connectivity index (χ0) is 8.77. The molecule has 2 atom stereocenters. The van der Waals surface area contributed by atoms with Crippen molar-refractivity contribution in [2.75, 3.05) is 7.11 Å². The van der Waals surface area contributed by atoms with Gasteiger partial charge in [0.25, 0.3) is 0 Å². The van der Waals surface area contributed by atoms with Crippen molar-refractivity contribution in [1.29, 1.82) is 0 Å². The summed E-state index contributed by atoms with van der Waals surface area (Å²) in [5.41, 5.74) is -0.0486. The van der Waals surface area contributed by atoms with E-state index in [0.29, 0.717) is 11.8 Å². The van der Waals surface area contributed by atoms with Crippen LogP contribution >= 0.6 is 0 Å². The SMILES string of the molecule is COC(=O)C1(C2CCC2)CC1C. The Bertz CT molecular complexity index is 208. The molecule has 2 rings (SSSR count). The first-order valence-corrected chi connectivity index (χ1v) is 4.80. The van der Waals surface area contributed by atoms with Crippen LogP contribution in [-0.4, -0.2) is 13.1 Å². The number of hydrogen-bond acceptors (Lipinski definition) is 2. The normalized spacial score (nSPS) is 40.3. The molecule has 0 bridgehead atoms. The van der Waals surface area contributed by atoms with E-state index < -0.39 is 0 Å². The van der Waals surface area contributed by atoms with Gasteiger partial charge in [0.05, 0.1) is 12.5 Å². The van der Waals surface area contributed by atoms with E-state index in [1.54, 1.807) is 0 Å². The van der Waals surface area contributed by atoms with E-state index in [4.69, 9.17) is 4.74 Å². The van der Waals surface area contributed by atoms with E-state index in [9.17, 15) is 4.79 Å². The molecule has 0 N–H and O–H groups in total. The standard InChI is InChI=1S/C10H16O2/c1-7-6-10(7,9(11)12-2)8-4-3-5-8/h7-8H,3-6H2,1-2H3. The molecule has 0 aromatic rings. The average Bonchev–Trinajstić information content (AvgIpc) is 2.58. The fourth-order valence-corrected chi connectivity index (χ4v) is 2.58. The summed E-state index contributed by atoms with van der Waals surface area (Å²) < 4.78 is 4.87. The van der Waals surface area contributed by atoms with Crippen molar-refractivity contribution < 1.29 is 9.53 Å². The molecule has 12 heavy (non-hydrogen) atoms. The number of esters is 1. The van der Waals surface area contributed by atoms with E-state index in [2.05, 4.69) is 6.92 Å². The second-order valence-corrected chi connectivity index (χ2v) is 4.26. The maximum Gasteiger partial charge on any atom is 0.312 e. The summed E-state index contributed by atoms with van der Waals surface area (Å²) >= 11 is 0. The summed E-state index contributed by atoms with van der Waals surface area (Å²) in [6, 6.07) is 0. The molecule has 2 aliphatic rings. The van der Waals surface area contributed by atoms with E-state index in [1.165, 1.54) is 26.4 Å². The van der Waals surface area contributed by atoms with Crippen LogP contribution in [0.1, 0.15) is 32.6 Å². The number of carbonyl (C=O) groups is 1. The van der Waals surface area contributed by atoms with Gasteiger partial charge in [-0.05, 0) is 31.1 Å². The second-order valence-electron chi connectivity index (χ2n) is 4.26. The highest BCUT2D eigenvalue weighted by Gasteiger charge is 2.63. The minimum atomic E-state index is -0.0486. The Morgan fingerprint density at radius 2 is 2.08 bits per heavy atom. The van der Waals surface area contributed by atoms with Gasteiger partial charge in [0.2, 0.25) is 0 Å². The summed E-state index contributed by atoms with van der Waals surface area (Å²) in [4.78, 5) is 11.5. The second kappa shape index (κ2) is 2.48. The van der Waals surface area contributed by atoms with Crippen LogP contribution in [-0.2, 0) is 9.53 Å². The smallest absolute Gasteiger partial charge is 0.312 e. The third-order valence-corrected chi connectivity index (χ3v) is 3.76. The Hall–Kier alpha value is -0.530. The lowest BCUT2D eigenvalue weighted by molar-refractivity contribution is -0.151. The maximum atomic E-state index is 11.5. The summed E-state index contributed by atoms with van der Waals surface area (Å²) in [7, 11) is 1.51. The first kappa shape index (κ1) is 8.09. The lowest BCUT2D eigenvalue weighted by Crippen LogP contribution is -2.32. The lowest BCUT2D eigenvalue weighted by atomic mass is 9.72. The summed E-state index contributed by atoms with van der Waals surface area (Å²) in [5.74, 6) is 1.25. The molecule has 0 saturated heterocycles. The summed E-state index contributed by atoms with van der Waals surface area (Å²) in [5, 5.41) is 0. The Kier molecular flexibility index (Phi) is 1.67. The number of rotatable bonds is 2. The molecular weight excluding hydrogens is 152 g/mol. The zero-order valence-corrected chi connectivity index (χ0v) is 7.80. The monoisotopic (exact) mass is 168 g/mol. The van der Waals surface area contributed by atoms with Crippen molar-refractivity contribution in [3.05, 3.63) is 0 Å². The highest BCUT2D eigenvalue weighted by Crippen LogP contribution is 2.63. The van der Waals surface area contributed by atoms with Crippen LogP contribution in [0, 0.1) is 17.3 Å². The average molecular weight is 168 g/mol. The van der Waals surface area contributed by atoms with Crippen molar-refractivity contribution in [2.24, 2.45) is 17.3 Å². The van der Waals surface area contributed by atoms with Crippen molar-refractivity contribution in [2.45, 2.75) is 32.6 Å². The van der Waals surface area contributed by atoms with Gasteiger partial charge in [0.15, 0.2) is 0 Å². The molecule has 0 radical (unpaired) electrons. The van der Waals surface area contributed by atoms with E-state index in [0.717, 1.165) is 6.42 Å². The molecule has 2 fully saturated rings. The van der Waals surface area contributed by atoms with Gasteiger partial charge in [-0.25, -0.2) is 0 Å². The summed E-state index contributed by atoms with van der Waals surface area (Å²) in [6.07, 6.45) is 4.83. The highest BCUT2D eigenvalue weighted by molar-refractivity contribution is 5.81. The van der Waals surface area contributed by atoms with E-state index in [1.807, 2.05) is 0 Å². The molecule has 0 amide bonds. The quantitative estimate of drug-likeness (QED) is 0.589. The first-order valence-electron chi connectivity index (χ1n) is 4.80. The van der Waals surface area contributed by atoms with Crippen LogP contribution < -0.4 is 0 Å². The van der Waals surface area contributed by atoms with E-state index in [-0.39, 0.29) is 11.4 Å². The molecule has 68 valence electrons. The van der Waals surface area contributed by atoms with Crippen LogP contribution in [0.5, 0.6) is 0 Å². The molecule has 2 saturated carbocycles. The maximum absolute atomic E-state index is 11.5. The molecule has 2 heteroatoms. The van der Waals surface area contributed by atoms with Crippen LogP contribution in [0.25, 0.3) is 0 Å². The fourth-order valence-electron chi connectivity index (χ4n) is 2.58. The molecule has 0 spiro atoms. The van der Waals surface area contributed by atoms with Gasteiger partial charge >= 0.3 is 5.97 Å². The van der Waals surface area contributed by atoms with Crippen LogP contribution in [0.15, 0.2) is 0 Å². The van der Waals surface area contributed by atoms with Crippen molar-refractivity contribution in [1.82, 2.24) is 0 Å². The lowest BCUT2D eigenvalue weighted by Gasteiger charge is -2.32. The van der Waals surface area contributed by atoms with Crippen molar-refractivity contribution in [3.63, 3.8) is 0 Å². The highest BCUT2D eigenvalue weighted by atomic mass is 16.5. The number of methoxy groups -OCH3 is 1. The molecule has 0 aromatic carbocycles. The van der Waals surface area contributed by atoms with E-state index >= 15 is 0 Å². The van der Waals surface area contributed by atoms with Gasteiger partial charge in [-0.2, -0.15) is 0 Å². The molecule has 0 heterocycles. The molecule has 0 aliphatic heterocycles. The van der Waals surface area contributed by atoms with Crippen LogP contribution in [0.4, 0.5) is 0 Å². The Morgan fingerprint density at radius 1 is 1.50 bits per heavy atom. The Balaban J connectivity index is 2.09. The third-order valence-electron chi connectivity index (χ3n) is 3.76. The van der Waals surface area contributed by atoms with Gasteiger partial charge in [-0.3, -0.25) is 4.79 Å². The van der Waals surface area contributed by atoms with Crippen LogP contribution in [0.2, 0.25) is 0 Å². The minimum absolute atomic E-state index is 0.0414. The number of hydrogen-bond donors (Lipinski definition) is 0. The fraction of sp³-hybridized carbons (Fsp3) is 0.900. The van der Waals surface area contributed by atoms with Gasteiger partial charge in [0, 0.05) is 0 Å². The van der Waals surface area contributed by atoms with Gasteiger partial charge in [-0.1, -0.05) is 13.3 Å². The predicted octanol–water partition coefficient (Wildman–Crippen LogP) is 1.99. The minimum Gasteiger partial charge on any atom is -0.469 e. The zero-order valence-electron chi connectivity index (χ0n) is 7.80. The number of ether oxygens (including phenoxy) is 1. The van der Waals surface area contributed by atoms with Crippen molar-refractivity contribution in [3.8, 4) is 0 Å². The van der Waals surface area contributed by atoms with Gasteiger partial charge in [0.1, 0.15) is 0 Å². The molecule has 2 nitrogen and oxygen atoms in total. The largest absolute Gasteiger partial charge is 0.469 e. The van der Waals surface area contributed by atoms with Gasteiger partial charge < -0.3 is 4.74 Å². The topological polar surface area (TPSA) is 26.3 Å². The Morgan fingerprint density at radius 3 is 2.33 bits per heavy atom. The molecule has 0 aromatic heterocycles. The van der Waals surface area contributed by atoms with Gasteiger partial charge in [-0.15, -0.1) is 0 Å². The summed E-state index contributed by atoms with van der Waals surface area (Å²) in [6.45, 7) is 2.16. The molecule has 2 unspecified atom stereocenters. The van der Waals surface area contributed by atoms with Crippen LogP contribution in [0.3, 0.4) is 0 Å². The predicted molar refractivity (Wildman–Crippen MR) is 45.6 cm³/mol.